The minimum absolute atomic E-state index is 0.418. The van der Waals surface area contributed by atoms with E-state index in [9.17, 15) is 0 Å². The second-order valence-corrected chi connectivity index (χ2v) is 5.06. The maximum absolute atomic E-state index is 8.70. The minimum Gasteiger partial charge on any atom is -0.376 e. The van der Waals surface area contributed by atoms with Gasteiger partial charge in [-0.1, -0.05) is 6.42 Å². The lowest BCUT2D eigenvalue weighted by atomic mass is 9.85. The Kier molecular flexibility index (Phi) is 3.33. The summed E-state index contributed by atoms with van der Waals surface area (Å²) in [7, 11) is 2.02. The van der Waals surface area contributed by atoms with E-state index in [0.29, 0.717) is 18.2 Å². The van der Waals surface area contributed by atoms with Gasteiger partial charge in [0.1, 0.15) is 17.6 Å². The topological polar surface area (TPSA) is 79.4 Å². The van der Waals surface area contributed by atoms with Crippen molar-refractivity contribution < 1.29 is 0 Å². The maximum atomic E-state index is 8.70. The summed E-state index contributed by atoms with van der Waals surface area (Å²) in [4.78, 5) is 4.02. The number of anilines is 1. The van der Waals surface area contributed by atoms with Gasteiger partial charge in [-0.2, -0.15) is 5.26 Å². The van der Waals surface area contributed by atoms with Gasteiger partial charge in [0.05, 0.1) is 18.4 Å². The molecule has 1 N–H and O–H groups in total. The molecule has 20 heavy (non-hydrogen) atoms. The van der Waals surface area contributed by atoms with Gasteiger partial charge >= 0.3 is 0 Å². The third-order valence-electron chi connectivity index (χ3n) is 3.80. The predicted molar refractivity (Wildman–Crippen MR) is 73.9 cm³/mol. The number of nitriles is 1. The molecule has 0 amide bonds. The van der Waals surface area contributed by atoms with E-state index in [-0.39, 0.29) is 0 Å². The molecule has 1 aliphatic rings. The SMILES string of the molecule is Cn1c(CNc2ccc(C#N)nc2)nnc1C1CCC1. The van der Waals surface area contributed by atoms with Gasteiger partial charge in [0.2, 0.25) is 0 Å². The molecule has 6 nitrogen and oxygen atoms in total. The van der Waals surface area contributed by atoms with Crippen LogP contribution in [0.2, 0.25) is 0 Å². The van der Waals surface area contributed by atoms with Gasteiger partial charge < -0.3 is 9.88 Å². The van der Waals surface area contributed by atoms with Gasteiger partial charge in [-0.25, -0.2) is 4.98 Å². The van der Waals surface area contributed by atoms with Crippen LogP contribution in [-0.2, 0) is 13.6 Å². The number of hydrogen-bond acceptors (Lipinski definition) is 5. The molecule has 0 bridgehead atoms. The fourth-order valence-electron chi connectivity index (χ4n) is 2.30. The van der Waals surface area contributed by atoms with Gasteiger partial charge in [0, 0.05) is 13.0 Å². The Morgan fingerprint density at radius 2 is 2.25 bits per heavy atom. The van der Waals surface area contributed by atoms with Gasteiger partial charge in [0.25, 0.3) is 0 Å². The first-order chi connectivity index (χ1) is 9.78. The second kappa shape index (κ2) is 5.29. The van der Waals surface area contributed by atoms with Crippen molar-refractivity contribution in [3.8, 4) is 6.07 Å². The number of rotatable bonds is 4. The van der Waals surface area contributed by atoms with Crippen molar-refractivity contribution in [3.63, 3.8) is 0 Å². The molecule has 0 aromatic carbocycles. The second-order valence-electron chi connectivity index (χ2n) is 5.06. The molecule has 0 radical (unpaired) electrons. The fourth-order valence-corrected chi connectivity index (χ4v) is 2.30. The summed E-state index contributed by atoms with van der Waals surface area (Å²) >= 11 is 0. The molecule has 1 aliphatic carbocycles. The molecule has 0 saturated heterocycles. The predicted octanol–water partition coefficient (Wildman–Crippen LogP) is 1.96. The maximum Gasteiger partial charge on any atom is 0.152 e. The lowest BCUT2D eigenvalue weighted by Crippen LogP contribution is -2.15. The number of nitrogens with zero attached hydrogens (tertiary/aromatic N) is 5. The average Bonchev–Trinajstić information content (AvgIpc) is 2.77. The molecule has 0 spiro atoms. The van der Waals surface area contributed by atoms with Crippen LogP contribution >= 0.6 is 0 Å². The zero-order valence-corrected chi connectivity index (χ0v) is 11.4. The monoisotopic (exact) mass is 268 g/mol. The Balaban J connectivity index is 1.65. The number of hydrogen-bond donors (Lipinski definition) is 1. The van der Waals surface area contributed by atoms with Crippen LogP contribution in [0.5, 0.6) is 0 Å². The molecule has 0 aliphatic heterocycles. The van der Waals surface area contributed by atoms with E-state index in [2.05, 4.69) is 25.1 Å². The van der Waals surface area contributed by atoms with Crippen molar-refractivity contribution in [1.82, 2.24) is 19.7 Å². The molecule has 0 unspecified atom stereocenters. The summed E-state index contributed by atoms with van der Waals surface area (Å²) in [6, 6.07) is 5.54. The third kappa shape index (κ3) is 2.35. The minimum atomic E-state index is 0.418. The fraction of sp³-hybridized carbons (Fsp3) is 0.429. The highest BCUT2D eigenvalue weighted by atomic mass is 15.3. The molecule has 2 aromatic rings. The van der Waals surface area contributed by atoms with Gasteiger partial charge in [-0.3, -0.25) is 0 Å². The Bertz CT molecular complexity index is 633. The van der Waals surface area contributed by atoms with Crippen LogP contribution in [-0.4, -0.2) is 19.7 Å². The highest BCUT2D eigenvalue weighted by Gasteiger charge is 2.25. The number of nitrogens with one attached hydrogen (secondary N) is 1. The van der Waals surface area contributed by atoms with Crippen molar-refractivity contribution >= 4 is 5.69 Å². The van der Waals surface area contributed by atoms with Gasteiger partial charge in [0.15, 0.2) is 5.82 Å². The molecule has 1 saturated carbocycles. The van der Waals surface area contributed by atoms with Crippen molar-refractivity contribution in [1.29, 1.82) is 5.26 Å². The van der Waals surface area contributed by atoms with E-state index in [0.717, 1.165) is 17.3 Å². The van der Waals surface area contributed by atoms with E-state index in [4.69, 9.17) is 5.26 Å². The standard InChI is InChI=1S/C14H16N6/c1-20-13(18-19-14(20)10-3-2-4-10)9-17-12-6-5-11(7-15)16-8-12/h5-6,8,10,17H,2-4,9H2,1H3. The first-order valence-corrected chi connectivity index (χ1v) is 6.76. The summed E-state index contributed by atoms with van der Waals surface area (Å²) in [6.45, 7) is 0.601. The Morgan fingerprint density at radius 1 is 1.40 bits per heavy atom. The average molecular weight is 268 g/mol. The molecule has 3 rings (SSSR count). The molecular weight excluding hydrogens is 252 g/mol. The number of aromatic nitrogens is 4. The normalized spacial score (nSPS) is 14.6. The molecule has 2 heterocycles. The lowest BCUT2D eigenvalue weighted by molar-refractivity contribution is 0.391. The smallest absolute Gasteiger partial charge is 0.152 e. The molecular formula is C14H16N6. The largest absolute Gasteiger partial charge is 0.376 e. The first-order valence-electron chi connectivity index (χ1n) is 6.76. The Morgan fingerprint density at radius 3 is 2.85 bits per heavy atom. The summed E-state index contributed by atoms with van der Waals surface area (Å²) in [5, 5.41) is 20.5. The zero-order chi connectivity index (χ0) is 13.9. The van der Waals surface area contributed by atoms with Crippen molar-refractivity contribution in [3.05, 3.63) is 35.7 Å². The third-order valence-corrected chi connectivity index (χ3v) is 3.80. The van der Waals surface area contributed by atoms with Crippen molar-refractivity contribution in [2.45, 2.75) is 31.7 Å². The van der Waals surface area contributed by atoms with Crippen LogP contribution in [0.4, 0.5) is 5.69 Å². The summed E-state index contributed by atoms with van der Waals surface area (Å²) in [5.41, 5.74) is 1.29. The summed E-state index contributed by atoms with van der Waals surface area (Å²) in [6.07, 6.45) is 5.39. The summed E-state index contributed by atoms with van der Waals surface area (Å²) in [5.74, 6) is 2.58. The van der Waals surface area contributed by atoms with E-state index in [1.54, 1.807) is 12.3 Å². The van der Waals surface area contributed by atoms with Crippen LogP contribution in [0.25, 0.3) is 0 Å². The van der Waals surface area contributed by atoms with Crippen LogP contribution in [0.15, 0.2) is 18.3 Å². The van der Waals surface area contributed by atoms with Crippen LogP contribution < -0.4 is 5.32 Å². The highest BCUT2D eigenvalue weighted by Crippen LogP contribution is 2.35. The van der Waals surface area contributed by atoms with E-state index >= 15 is 0 Å². The van der Waals surface area contributed by atoms with Gasteiger partial charge in [-0.15, -0.1) is 10.2 Å². The summed E-state index contributed by atoms with van der Waals surface area (Å²) < 4.78 is 2.08. The molecule has 1 fully saturated rings. The van der Waals surface area contributed by atoms with Crippen molar-refractivity contribution in [2.24, 2.45) is 7.05 Å². The quantitative estimate of drug-likeness (QED) is 0.917. The molecule has 102 valence electrons. The van der Waals surface area contributed by atoms with Crippen LogP contribution in [0.3, 0.4) is 0 Å². The molecule has 2 aromatic heterocycles. The molecule has 6 heteroatoms. The van der Waals surface area contributed by atoms with E-state index < -0.39 is 0 Å². The van der Waals surface area contributed by atoms with E-state index in [1.165, 1.54) is 19.3 Å². The van der Waals surface area contributed by atoms with Crippen molar-refractivity contribution in [2.75, 3.05) is 5.32 Å². The highest BCUT2D eigenvalue weighted by molar-refractivity contribution is 5.42. The van der Waals surface area contributed by atoms with Crippen LogP contribution in [0, 0.1) is 11.3 Å². The molecule has 0 atom stereocenters. The Labute approximate surface area is 117 Å². The van der Waals surface area contributed by atoms with Gasteiger partial charge in [-0.05, 0) is 25.0 Å². The zero-order valence-electron chi connectivity index (χ0n) is 11.4. The van der Waals surface area contributed by atoms with Crippen LogP contribution in [0.1, 0.15) is 42.5 Å². The first kappa shape index (κ1) is 12.6. The Hall–Kier alpha value is -2.42. The number of pyridine rings is 1. The lowest BCUT2D eigenvalue weighted by Gasteiger charge is -2.24. The van der Waals surface area contributed by atoms with E-state index in [1.807, 2.05) is 19.2 Å².